The zero-order valence-corrected chi connectivity index (χ0v) is 12.0. The number of primary amides is 1. The number of hydrogen-bond acceptors (Lipinski definition) is 4. The second-order valence-electron chi connectivity index (χ2n) is 5.56. The van der Waals surface area contributed by atoms with Gasteiger partial charge in [0.1, 0.15) is 0 Å². The number of likely N-dealkylation sites (tertiary alicyclic amines) is 1. The number of rotatable bonds is 5. The fourth-order valence-corrected chi connectivity index (χ4v) is 2.91. The molecule has 1 saturated heterocycles. The predicted molar refractivity (Wildman–Crippen MR) is 74.1 cm³/mol. The van der Waals surface area contributed by atoms with Crippen LogP contribution in [0.15, 0.2) is 0 Å². The average Bonchev–Trinajstić information content (AvgIpc) is 2.27. The van der Waals surface area contributed by atoms with Gasteiger partial charge in [-0.15, -0.1) is 0 Å². The molecule has 1 aliphatic heterocycles. The molecule has 0 aromatic rings. The van der Waals surface area contributed by atoms with Crippen LogP contribution in [-0.2, 0) is 9.59 Å². The highest BCUT2D eigenvalue weighted by Crippen LogP contribution is 2.18. The molecule has 0 aliphatic carbocycles. The van der Waals surface area contributed by atoms with Crippen molar-refractivity contribution in [3.8, 4) is 0 Å². The largest absolute Gasteiger partial charge is 0.369 e. The molecule has 0 radical (unpaired) electrons. The molecule has 1 unspecified atom stereocenters. The number of nitrogens with zero attached hydrogens (tertiary/aromatic N) is 1. The summed E-state index contributed by atoms with van der Waals surface area (Å²) in [5, 5.41) is 0. The quantitative estimate of drug-likeness (QED) is 0.748. The van der Waals surface area contributed by atoms with E-state index < -0.39 is 0 Å². The molecule has 1 atom stereocenters. The van der Waals surface area contributed by atoms with Crippen molar-refractivity contribution in [1.82, 2.24) is 4.90 Å². The summed E-state index contributed by atoms with van der Waals surface area (Å²) in [6.45, 7) is 5.08. The molecule has 1 rings (SSSR count). The van der Waals surface area contributed by atoms with Crippen LogP contribution in [0.5, 0.6) is 0 Å². The van der Waals surface area contributed by atoms with Crippen LogP contribution in [0, 0.1) is 5.92 Å². The van der Waals surface area contributed by atoms with E-state index in [1.807, 2.05) is 13.8 Å². The van der Waals surface area contributed by atoms with Crippen LogP contribution in [0.4, 0.5) is 0 Å². The number of hydrogen-bond donors (Lipinski definition) is 2. The number of carbonyl (C=O) groups excluding carboxylic acids is 2. The number of piperidine rings is 1. The lowest BCUT2D eigenvalue weighted by atomic mass is 9.97. The molecule has 1 heterocycles. The van der Waals surface area contributed by atoms with Gasteiger partial charge < -0.3 is 16.4 Å². The van der Waals surface area contributed by atoms with Gasteiger partial charge in [0, 0.05) is 24.4 Å². The van der Waals surface area contributed by atoms with Crippen LogP contribution >= 0.6 is 11.8 Å². The first kappa shape index (κ1) is 15.3. The molecule has 1 fully saturated rings. The third-order valence-electron chi connectivity index (χ3n) is 2.88. The minimum atomic E-state index is -0.303. The highest BCUT2D eigenvalue weighted by Gasteiger charge is 2.26. The molecule has 0 spiro atoms. The third kappa shape index (κ3) is 5.27. The normalized spacial score (nSPS) is 20.8. The van der Waals surface area contributed by atoms with Crippen molar-refractivity contribution in [2.75, 3.05) is 24.6 Å². The topological polar surface area (TPSA) is 89.4 Å². The lowest BCUT2D eigenvalue weighted by molar-refractivity contribution is -0.132. The Hall–Kier alpha value is -0.750. The van der Waals surface area contributed by atoms with Crippen molar-refractivity contribution in [2.45, 2.75) is 32.2 Å². The summed E-state index contributed by atoms with van der Waals surface area (Å²) < 4.78 is 0. The van der Waals surface area contributed by atoms with Gasteiger partial charge in [0.25, 0.3) is 0 Å². The Labute approximate surface area is 113 Å². The van der Waals surface area contributed by atoms with E-state index in [0.29, 0.717) is 12.3 Å². The number of carbonyl (C=O) groups is 2. The minimum absolute atomic E-state index is 0.0789. The third-order valence-corrected chi connectivity index (χ3v) is 4.28. The molecule has 6 heteroatoms. The molecule has 5 nitrogen and oxygen atoms in total. The van der Waals surface area contributed by atoms with Crippen molar-refractivity contribution >= 4 is 23.6 Å². The van der Waals surface area contributed by atoms with Crippen LogP contribution in [0.3, 0.4) is 0 Å². The van der Waals surface area contributed by atoms with Crippen molar-refractivity contribution in [2.24, 2.45) is 17.4 Å². The van der Waals surface area contributed by atoms with Gasteiger partial charge in [-0.25, -0.2) is 0 Å². The summed E-state index contributed by atoms with van der Waals surface area (Å²) in [6.07, 6.45) is 1.65. The summed E-state index contributed by atoms with van der Waals surface area (Å²) in [4.78, 5) is 24.8. The Morgan fingerprint density at radius 1 is 1.44 bits per heavy atom. The predicted octanol–water partition coefficient (Wildman–Crippen LogP) is 0.181. The van der Waals surface area contributed by atoms with E-state index in [2.05, 4.69) is 0 Å². The van der Waals surface area contributed by atoms with Gasteiger partial charge in [0.2, 0.25) is 11.8 Å². The molecular weight excluding hydrogens is 250 g/mol. The highest BCUT2D eigenvalue weighted by molar-refractivity contribution is 8.00. The molecule has 0 bridgehead atoms. The van der Waals surface area contributed by atoms with Crippen LogP contribution in [-0.4, -0.2) is 46.8 Å². The van der Waals surface area contributed by atoms with E-state index in [9.17, 15) is 9.59 Å². The fraction of sp³-hybridized carbons (Fsp3) is 0.833. The summed E-state index contributed by atoms with van der Waals surface area (Å²) in [5.41, 5.74) is 10.9. The second kappa shape index (κ2) is 6.43. The van der Waals surface area contributed by atoms with Crippen LogP contribution in [0.2, 0.25) is 0 Å². The molecule has 0 saturated carbocycles. The molecule has 18 heavy (non-hydrogen) atoms. The Kier molecular flexibility index (Phi) is 5.47. The number of thioether (sulfide) groups is 1. The van der Waals surface area contributed by atoms with E-state index in [-0.39, 0.29) is 23.3 Å². The van der Waals surface area contributed by atoms with E-state index in [4.69, 9.17) is 11.5 Å². The first-order valence-electron chi connectivity index (χ1n) is 6.23. The van der Waals surface area contributed by atoms with Gasteiger partial charge in [-0.05, 0) is 26.7 Å². The summed E-state index contributed by atoms with van der Waals surface area (Å²) in [5.74, 6) is 0.759. The molecule has 4 N–H and O–H groups in total. The Balaban J connectivity index is 2.35. The van der Waals surface area contributed by atoms with Crippen molar-refractivity contribution in [1.29, 1.82) is 0 Å². The summed E-state index contributed by atoms with van der Waals surface area (Å²) in [7, 11) is 0. The van der Waals surface area contributed by atoms with E-state index in [1.54, 1.807) is 4.90 Å². The molecule has 1 aliphatic rings. The molecular formula is C12H23N3O2S. The number of nitrogens with two attached hydrogens (primary N) is 2. The van der Waals surface area contributed by atoms with Crippen molar-refractivity contribution in [3.05, 3.63) is 0 Å². The van der Waals surface area contributed by atoms with Crippen LogP contribution < -0.4 is 11.5 Å². The van der Waals surface area contributed by atoms with E-state index in [1.165, 1.54) is 11.8 Å². The Morgan fingerprint density at radius 2 is 2.11 bits per heavy atom. The summed E-state index contributed by atoms with van der Waals surface area (Å²) >= 11 is 1.54. The zero-order valence-electron chi connectivity index (χ0n) is 11.1. The average molecular weight is 273 g/mol. The lowest BCUT2D eigenvalue weighted by Gasteiger charge is -2.31. The molecule has 2 amide bonds. The second-order valence-corrected chi connectivity index (χ2v) is 6.55. The zero-order chi connectivity index (χ0) is 13.8. The highest BCUT2D eigenvalue weighted by atomic mass is 32.2. The van der Waals surface area contributed by atoms with Crippen LogP contribution in [0.25, 0.3) is 0 Å². The smallest absolute Gasteiger partial charge is 0.232 e. The van der Waals surface area contributed by atoms with Crippen LogP contribution in [0.1, 0.15) is 26.7 Å². The fourth-order valence-electron chi connectivity index (χ4n) is 1.93. The van der Waals surface area contributed by atoms with E-state index >= 15 is 0 Å². The van der Waals surface area contributed by atoms with Gasteiger partial charge in [-0.1, -0.05) is 0 Å². The Morgan fingerprint density at radius 3 is 2.67 bits per heavy atom. The van der Waals surface area contributed by atoms with Gasteiger partial charge in [-0.2, -0.15) is 11.8 Å². The van der Waals surface area contributed by atoms with Gasteiger partial charge in [-0.3, -0.25) is 9.59 Å². The Bertz CT molecular complexity index is 315. The monoisotopic (exact) mass is 273 g/mol. The molecule has 0 aromatic carbocycles. The first-order valence-corrected chi connectivity index (χ1v) is 7.39. The molecule has 0 aromatic heterocycles. The first-order chi connectivity index (χ1) is 8.29. The number of amides is 2. The molecule has 104 valence electrons. The van der Waals surface area contributed by atoms with Gasteiger partial charge >= 0.3 is 0 Å². The van der Waals surface area contributed by atoms with Crippen molar-refractivity contribution in [3.63, 3.8) is 0 Å². The maximum atomic E-state index is 12.0. The lowest BCUT2D eigenvalue weighted by Crippen LogP contribution is -2.45. The van der Waals surface area contributed by atoms with Crippen molar-refractivity contribution < 1.29 is 9.59 Å². The standard InChI is InChI=1S/C12H23N3O2S/c1-12(2,14)8-18-7-10(16)15-5-3-4-9(6-15)11(13)17/h9H,3-8,14H2,1-2H3,(H2,13,17). The maximum Gasteiger partial charge on any atom is 0.232 e. The maximum absolute atomic E-state index is 12.0. The SMILES string of the molecule is CC(C)(N)CSCC(=O)N1CCCC(C(N)=O)C1. The van der Waals surface area contributed by atoms with E-state index in [0.717, 1.165) is 25.1 Å². The van der Waals surface area contributed by atoms with Gasteiger partial charge in [0.15, 0.2) is 0 Å². The van der Waals surface area contributed by atoms with Gasteiger partial charge in [0.05, 0.1) is 11.7 Å². The summed E-state index contributed by atoms with van der Waals surface area (Å²) in [6, 6.07) is 0. The minimum Gasteiger partial charge on any atom is -0.369 e.